The highest BCUT2D eigenvalue weighted by atomic mass is 35.5. The van der Waals surface area contributed by atoms with Gasteiger partial charge in [-0.15, -0.1) is 0 Å². The van der Waals surface area contributed by atoms with E-state index in [-0.39, 0.29) is 0 Å². The van der Waals surface area contributed by atoms with Gasteiger partial charge in [0, 0.05) is 16.6 Å². The lowest BCUT2D eigenvalue weighted by molar-refractivity contribution is 0.324. The van der Waals surface area contributed by atoms with E-state index in [0.717, 1.165) is 17.2 Å². The molecule has 0 spiro atoms. The molecule has 0 aliphatic carbocycles. The van der Waals surface area contributed by atoms with E-state index in [0.29, 0.717) is 12.0 Å². The zero-order valence-electron chi connectivity index (χ0n) is 12.5. The fourth-order valence-electron chi connectivity index (χ4n) is 2.67. The second-order valence-corrected chi connectivity index (χ2v) is 5.40. The van der Waals surface area contributed by atoms with Crippen LogP contribution in [0.1, 0.15) is 51.1 Å². The standard InChI is InChI=1S/C16H26ClNO/c1-5-7-8-12(6-2)16(18-3)14-11-13(17)9-10-15(14)19-4/h9-12,16,18H,5-8H2,1-4H3. The highest BCUT2D eigenvalue weighted by Gasteiger charge is 2.23. The average molecular weight is 284 g/mol. The van der Waals surface area contributed by atoms with Crippen LogP contribution >= 0.6 is 11.6 Å². The highest BCUT2D eigenvalue weighted by molar-refractivity contribution is 6.30. The average Bonchev–Trinajstić information content (AvgIpc) is 2.43. The van der Waals surface area contributed by atoms with Crippen molar-refractivity contribution in [1.82, 2.24) is 5.32 Å². The quantitative estimate of drug-likeness (QED) is 0.738. The predicted octanol–water partition coefficient (Wildman–Crippen LogP) is 4.83. The van der Waals surface area contributed by atoms with Crippen molar-refractivity contribution >= 4 is 11.6 Å². The van der Waals surface area contributed by atoms with Crippen LogP contribution in [0.5, 0.6) is 5.75 Å². The Morgan fingerprint density at radius 1 is 1.32 bits per heavy atom. The van der Waals surface area contributed by atoms with Crippen LogP contribution in [0.2, 0.25) is 5.02 Å². The van der Waals surface area contributed by atoms with Crippen LogP contribution in [-0.4, -0.2) is 14.2 Å². The minimum absolute atomic E-state index is 0.296. The monoisotopic (exact) mass is 283 g/mol. The Hall–Kier alpha value is -0.730. The summed E-state index contributed by atoms with van der Waals surface area (Å²) in [7, 11) is 3.73. The van der Waals surface area contributed by atoms with Crippen LogP contribution in [0.15, 0.2) is 18.2 Å². The first-order chi connectivity index (χ1) is 9.17. The molecule has 3 heteroatoms. The van der Waals surface area contributed by atoms with Crippen molar-refractivity contribution in [2.45, 2.75) is 45.6 Å². The molecule has 0 fully saturated rings. The lowest BCUT2D eigenvalue weighted by atomic mass is 9.86. The molecule has 108 valence electrons. The first kappa shape index (κ1) is 16.3. The molecule has 0 heterocycles. The normalized spacial score (nSPS) is 14.2. The van der Waals surface area contributed by atoms with Crippen LogP contribution in [0.25, 0.3) is 0 Å². The maximum Gasteiger partial charge on any atom is 0.123 e. The number of hydrogen-bond donors (Lipinski definition) is 1. The van der Waals surface area contributed by atoms with Crippen LogP contribution < -0.4 is 10.1 Å². The van der Waals surface area contributed by atoms with Crippen molar-refractivity contribution in [3.63, 3.8) is 0 Å². The van der Waals surface area contributed by atoms with Gasteiger partial charge in [0.25, 0.3) is 0 Å². The Morgan fingerprint density at radius 2 is 2.05 bits per heavy atom. The van der Waals surface area contributed by atoms with Crippen molar-refractivity contribution < 1.29 is 4.74 Å². The molecular weight excluding hydrogens is 258 g/mol. The van der Waals surface area contributed by atoms with E-state index in [1.807, 2.05) is 25.2 Å². The van der Waals surface area contributed by atoms with E-state index in [1.54, 1.807) is 7.11 Å². The first-order valence-electron chi connectivity index (χ1n) is 7.18. The van der Waals surface area contributed by atoms with Gasteiger partial charge >= 0.3 is 0 Å². The number of halogens is 1. The second-order valence-electron chi connectivity index (χ2n) is 4.96. The molecule has 0 aliphatic rings. The fraction of sp³-hybridized carbons (Fsp3) is 0.625. The molecule has 1 N–H and O–H groups in total. The van der Waals surface area contributed by atoms with Crippen LogP contribution in [0, 0.1) is 5.92 Å². The minimum atomic E-state index is 0.296. The Bertz CT molecular complexity index is 381. The van der Waals surface area contributed by atoms with E-state index >= 15 is 0 Å². The van der Waals surface area contributed by atoms with Gasteiger partial charge in [-0.3, -0.25) is 0 Å². The first-order valence-corrected chi connectivity index (χ1v) is 7.56. The maximum absolute atomic E-state index is 6.14. The van der Waals surface area contributed by atoms with Crippen LogP contribution in [0.3, 0.4) is 0 Å². The molecule has 0 radical (unpaired) electrons. The number of hydrogen-bond acceptors (Lipinski definition) is 2. The molecule has 1 rings (SSSR count). The Balaban J connectivity index is 3.02. The lowest BCUT2D eigenvalue weighted by Crippen LogP contribution is -2.25. The van der Waals surface area contributed by atoms with Gasteiger partial charge in [-0.1, -0.05) is 44.7 Å². The summed E-state index contributed by atoms with van der Waals surface area (Å²) >= 11 is 6.14. The van der Waals surface area contributed by atoms with Gasteiger partial charge in [0.1, 0.15) is 5.75 Å². The second kappa shape index (κ2) is 8.44. The summed E-state index contributed by atoms with van der Waals surface area (Å²) in [5, 5.41) is 4.21. The van der Waals surface area contributed by atoms with Crippen molar-refractivity contribution in [2.75, 3.05) is 14.2 Å². The third-order valence-corrected chi connectivity index (χ3v) is 4.00. The van der Waals surface area contributed by atoms with Crippen molar-refractivity contribution in [1.29, 1.82) is 0 Å². The zero-order chi connectivity index (χ0) is 14.3. The van der Waals surface area contributed by atoms with Gasteiger partial charge in [-0.25, -0.2) is 0 Å². The van der Waals surface area contributed by atoms with E-state index in [9.17, 15) is 0 Å². The third-order valence-electron chi connectivity index (χ3n) is 3.76. The van der Waals surface area contributed by atoms with Crippen LogP contribution in [-0.2, 0) is 0 Å². The molecule has 0 bridgehead atoms. The number of rotatable bonds is 8. The number of benzene rings is 1. The molecule has 1 aromatic rings. The maximum atomic E-state index is 6.14. The summed E-state index contributed by atoms with van der Waals surface area (Å²) in [6.45, 7) is 4.49. The lowest BCUT2D eigenvalue weighted by Gasteiger charge is -2.28. The topological polar surface area (TPSA) is 21.3 Å². The number of ether oxygens (including phenoxy) is 1. The molecule has 0 saturated carbocycles. The highest BCUT2D eigenvalue weighted by Crippen LogP contribution is 2.35. The summed E-state index contributed by atoms with van der Waals surface area (Å²) in [5.41, 5.74) is 1.17. The van der Waals surface area contributed by atoms with E-state index < -0.39 is 0 Å². The largest absolute Gasteiger partial charge is 0.496 e. The Labute approximate surface area is 122 Å². The Kier molecular flexibility index (Phi) is 7.25. The minimum Gasteiger partial charge on any atom is -0.496 e. The predicted molar refractivity (Wildman–Crippen MR) is 83.1 cm³/mol. The fourth-order valence-corrected chi connectivity index (χ4v) is 2.85. The smallest absolute Gasteiger partial charge is 0.123 e. The van der Waals surface area contributed by atoms with Gasteiger partial charge in [0.05, 0.1) is 7.11 Å². The summed E-state index contributed by atoms with van der Waals surface area (Å²) < 4.78 is 5.48. The molecular formula is C16H26ClNO. The molecule has 2 atom stereocenters. The summed E-state index contributed by atoms with van der Waals surface area (Å²) in [4.78, 5) is 0. The molecule has 0 amide bonds. The number of methoxy groups -OCH3 is 1. The van der Waals surface area contributed by atoms with E-state index in [4.69, 9.17) is 16.3 Å². The summed E-state index contributed by atoms with van der Waals surface area (Å²) in [5.74, 6) is 1.52. The molecule has 19 heavy (non-hydrogen) atoms. The van der Waals surface area contributed by atoms with Gasteiger partial charge < -0.3 is 10.1 Å². The van der Waals surface area contributed by atoms with Crippen LogP contribution in [0.4, 0.5) is 0 Å². The number of unbranched alkanes of at least 4 members (excludes halogenated alkanes) is 1. The summed E-state index contributed by atoms with van der Waals surface area (Å²) in [6, 6.07) is 6.15. The molecule has 0 saturated heterocycles. The SMILES string of the molecule is CCCCC(CC)C(NC)c1cc(Cl)ccc1OC. The van der Waals surface area contributed by atoms with Crippen molar-refractivity contribution in [2.24, 2.45) is 5.92 Å². The third kappa shape index (κ3) is 4.39. The van der Waals surface area contributed by atoms with Gasteiger partial charge in [-0.2, -0.15) is 0 Å². The molecule has 0 aliphatic heterocycles. The molecule has 2 nitrogen and oxygen atoms in total. The summed E-state index contributed by atoms with van der Waals surface area (Å²) in [6.07, 6.45) is 4.88. The molecule has 2 unspecified atom stereocenters. The zero-order valence-corrected chi connectivity index (χ0v) is 13.3. The van der Waals surface area contributed by atoms with Crippen molar-refractivity contribution in [3.05, 3.63) is 28.8 Å². The van der Waals surface area contributed by atoms with Gasteiger partial charge in [-0.05, 0) is 37.6 Å². The molecule has 0 aromatic heterocycles. The van der Waals surface area contributed by atoms with E-state index in [2.05, 4.69) is 19.2 Å². The molecule has 1 aromatic carbocycles. The van der Waals surface area contributed by atoms with Crippen molar-refractivity contribution in [3.8, 4) is 5.75 Å². The van der Waals surface area contributed by atoms with Gasteiger partial charge in [0.15, 0.2) is 0 Å². The number of nitrogens with one attached hydrogen (secondary N) is 1. The van der Waals surface area contributed by atoms with E-state index in [1.165, 1.54) is 24.8 Å². The van der Waals surface area contributed by atoms with Gasteiger partial charge in [0.2, 0.25) is 0 Å². The Morgan fingerprint density at radius 3 is 2.58 bits per heavy atom.